The van der Waals surface area contributed by atoms with Gasteiger partial charge in [0.15, 0.2) is 0 Å². The summed E-state index contributed by atoms with van der Waals surface area (Å²) in [7, 11) is 4.62. The summed E-state index contributed by atoms with van der Waals surface area (Å²) < 4.78 is 20.7. The summed E-state index contributed by atoms with van der Waals surface area (Å²) in [5.41, 5.74) is 1.81. The molecule has 0 aliphatic rings. The van der Waals surface area contributed by atoms with Crippen molar-refractivity contribution in [2.24, 2.45) is 0 Å². The zero-order chi connectivity index (χ0) is 19.2. The first kappa shape index (κ1) is 18.2. The predicted molar refractivity (Wildman–Crippen MR) is 98.5 cm³/mol. The average molecular weight is 366 g/mol. The van der Waals surface area contributed by atoms with Gasteiger partial charge >= 0.3 is 5.97 Å². The van der Waals surface area contributed by atoms with Crippen LogP contribution in [0.2, 0.25) is 0 Å². The van der Waals surface area contributed by atoms with E-state index in [9.17, 15) is 4.79 Å². The molecule has 0 fully saturated rings. The number of nitrogens with zero attached hydrogens (tertiary/aromatic N) is 2. The minimum Gasteiger partial charge on any atom is -0.497 e. The Morgan fingerprint density at radius 2 is 1.37 bits per heavy atom. The number of ether oxygens (including phenoxy) is 4. The molecule has 1 heterocycles. The molecule has 0 unspecified atom stereocenters. The van der Waals surface area contributed by atoms with Gasteiger partial charge in [0.2, 0.25) is 5.88 Å². The number of hydrogen-bond donors (Lipinski definition) is 0. The van der Waals surface area contributed by atoms with Gasteiger partial charge in [0.1, 0.15) is 17.2 Å². The van der Waals surface area contributed by atoms with Crippen LogP contribution in [-0.4, -0.2) is 37.5 Å². The van der Waals surface area contributed by atoms with Gasteiger partial charge in [-0.25, -0.2) is 4.79 Å². The highest BCUT2D eigenvalue weighted by molar-refractivity contribution is 5.91. The summed E-state index contributed by atoms with van der Waals surface area (Å²) in [6.45, 7) is 0. The molecule has 0 radical (unpaired) electrons. The second-order valence-electron chi connectivity index (χ2n) is 5.48. The number of methoxy groups -OCH3 is 3. The highest BCUT2D eigenvalue weighted by atomic mass is 16.5. The van der Waals surface area contributed by atoms with Crippen molar-refractivity contribution in [1.29, 1.82) is 0 Å². The number of rotatable bonds is 6. The van der Waals surface area contributed by atoms with E-state index < -0.39 is 5.97 Å². The molecule has 0 N–H and O–H groups in total. The van der Waals surface area contributed by atoms with Crippen LogP contribution in [0.3, 0.4) is 0 Å². The van der Waals surface area contributed by atoms with Crippen LogP contribution >= 0.6 is 0 Å². The lowest BCUT2D eigenvalue weighted by atomic mass is 10.1. The first-order valence-corrected chi connectivity index (χ1v) is 8.06. The molecule has 3 aromatic rings. The maximum atomic E-state index is 12.4. The summed E-state index contributed by atoms with van der Waals surface area (Å²) in [4.78, 5) is 12.4. The second kappa shape index (κ2) is 8.18. The van der Waals surface area contributed by atoms with E-state index in [-0.39, 0.29) is 11.4 Å². The van der Waals surface area contributed by atoms with Gasteiger partial charge in [-0.2, -0.15) is 0 Å². The Balaban J connectivity index is 1.75. The van der Waals surface area contributed by atoms with Gasteiger partial charge in [0.25, 0.3) is 0 Å². The molecule has 0 atom stereocenters. The van der Waals surface area contributed by atoms with Gasteiger partial charge in [-0.15, -0.1) is 10.2 Å². The molecule has 0 saturated carbocycles. The molecule has 0 amide bonds. The first-order valence-electron chi connectivity index (χ1n) is 8.06. The summed E-state index contributed by atoms with van der Waals surface area (Å²) in [6.07, 6.45) is 0. The number of carbonyl (C=O) groups is 1. The van der Waals surface area contributed by atoms with Crippen LogP contribution < -0.4 is 18.9 Å². The fourth-order valence-corrected chi connectivity index (χ4v) is 2.37. The average Bonchev–Trinajstić information content (AvgIpc) is 2.74. The van der Waals surface area contributed by atoms with E-state index in [2.05, 4.69) is 10.2 Å². The Labute approximate surface area is 156 Å². The fraction of sp³-hybridized carbons (Fsp3) is 0.150. The third kappa shape index (κ3) is 4.33. The lowest BCUT2D eigenvalue weighted by molar-refractivity contribution is 0.0725. The van der Waals surface area contributed by atoms with Crippen molar-refractivity contribution in [1.82, 2.24) is 10.2 Å². The molecule has 7 nitrogen and oxygen atoms in total. The maximum absolute atomic E-state index is 12.4. The monoisotopic (exact) mass is 366 g/mol. The fourth-order valence-electron chi connectivity index (χ4n) is 2.37. The van der Waals surface area contributed by atoms with Gasteiger partial charge in [-0.3, -0.25) is 0 Å². The molecule has 1 aromatic heterocycles. The lowest BCUT2D eigenvalue weighted by Gasteiger charge is -2.08. The number of benzene rings is 2. The Bertz CT molecular complexity index is 902. The smallest absolute Gasteiger partial charge is 0.345 e. The molecule has 3 rings (SSSR count). The number of aromatic nitrogens is 2. The molecule has 0 aliphatic carbocycles. The van der Waals surface area contributed by atoms with Gasteiger partial charge in [-0.1, -0.05) is 0 Å². The van der Waals surface area contributed by atoms with Gasteiger partial charge in [0.05, 0.1) is 32.6 Å². The summed E-state index contributed by atoms with van der Waals surface area (Å²) in [5, 5.41) is 8.06. The van der Waals surface area contributed by atoms with Crippen molar-refractivity contribution in [3.05, 3.63) is 60.2 Å². The van der Waals surface area contributed by atoms with Crippen LogP contribution in [0, 0.1) is 0 Å². The quantitative estimate of drug-likeness (QED) is 0.619. The number of esters is 1. The standard InChI is InChI=1S/C20H18N2O5/c1-24-15-6-4-13(5-7-15)18-8-9-19(22-21-18)27-20(23)14-10-16(25-2)12-17(11-14)26-3/h4-12H,1-3H3. The van der Waals surface area contributed by atoms with E-state index in [1.165, 1.54) is 14.2 Å². The van der Waals surface area contributed by atoms with E-state index >= 15 is 0 Å². The molecular weight excluding hydrogens is 348 g/mol. The van der Waals surface area contributed by atoms with E-state index in [0.717, 1.165) is 11.3 Å². The third-order valence-corrected chi connectivity index (χ3v) is 3.81. The van der Waals surface area contributed by atoms with Crippen molar-refractivity contribution < 1.29 is 23.7 Å². The summed E-state index contributed by atoms with van der Waals surface area (Å²) in [6, 6.07) is 15.5. The second-order valence-corrected chi connectivity index (χ2v) is 5.48. The highest BCUT2D eigenvalue weighted by Gasteiger charge is 2.13. The van der Waals surface area contributed by atoms with E-state index in [4.69, 9.17) is 18.9 Å². The first-order chi connectivity index (χ1) is 13.1. The molecule has 7 heteroatoms. The Kier molecular flexibility index (Phi) is 5.51. The Morgan fingerprint density at radius 3 is 1.89 bits per heavy atom. The molecular formula is C20H18N2O5. The maximum Gasteiger partial charge on any atom is 0.345 e. The Morgan fingerprint density at radius 1 is 0.741 bits per heavy atom. The van der Waals surface area contributed by atoms with Crippen molar-refractivity contribution >= 4 is 5.97 Å². The van der Waals surface area contributed by atoms with E-state index in [0.29, 0.717) is 17.2 Å². The van der Waals surface area contributed by atoms with Crippen LogP contribution in [0.4, 0.5) is 0 Å². The Hall–Kier alpha value is -3.61. The van der Waals surface area contributed by atoms with Gasteiger partial charge in [-0.05, 0) is 42.5 Å². The largest absolute Gasteiger partial charge is 0.497 e. The van der Waals surface area contributed by atoms with Crippen molar-refractivity contribution in [2.45, 2.75) is 0 Å². The SMILES string of the molecule is COc1ccc(-c2ccc(OC(=O)c3cc(OC)cc(OC)c3)nn2)cc1. The molecule has 0 aliphatic heterocycles. The molecule has 0 bridgehead atoms. The highest BCUT2D eigenvalue weighted by Crippen LogP contribution is 2.24. The van der Waals surface area contributed by atoms with Crippen molar-refractivity contribution in [3.63, 3.8) is 0 Å². The van der Waals surface area contributed by atoms with Crippen LogP contribution in [0.25, 0.3) is 11.3 Å². The van der Waals surface area contributed by atoms with Crippen LogP contribution in [0.5, 0.6) is 23.1 Å². The van der Waals surface area contributed by atoms with E-state index in [1.807, 2.05) is 24.3 Å². The molecule has 2 aromatic carbocycles. The zero-order valence-electron chi connectivity index (χ0n) is 15.1. The molecule has 0 saturated heterocycles. The molecule has 138 valence electrons. The van der Waals surface area contributed by atoms with Gasteiger partial charge in [0, 0.05) is 17.7 Å². The molecule has 0 spiro atoms. The predicted octanol–water partition coefficient (Wildman–Crippen LogP) is 3.39. The minimum absolute atomic E-state index is 0.0963. The van der Waals surface area contributed by atoms with E-state index in [1.54, 1.807) is 37.4 Å². The van der Waals surface area contributed by atoms with Crippen LogP contribution in [-0.2, 0) is 0 Å². The normalized spacial score (nSPS) is 10.2. The zero-order valence-corrected chi connectivity index (χ0v) is 15.1. The van der Waals surface area contributed by atoms with Crippen molar-refractivity contribution in [2.75, 3.05) is 21.3 Å². The van der Waals surface area contributed by atoms with Crippen LogP contribution in [0.1, 0.15) is 10.4 Å². The number of carbonyl (C=O) groups excluding carboxylic acids is 1. The summed E-state index contributed by atoms with van der Waals surface area (Å²) >= 11 is 0. The lowest BCUT2D eigenvalue weighted by Crippen LogP contribution is -2.10. The third-order valence-electron chi connectivity index (χ3n) is 3.81. The minimum atomic E-state index is -0.585. The van der Waals surface area contributed by atoms with Crippen LogP contribution in [0.15, 0.2) is 54.6 Å². The summed E-state index contributed by atoms with van der Waals surface area (Å²) in [5.74, 6) is 1.24. The molecule has 27 heavy (non-hydrogen) atoms. The number of hydrogen-bond acceptors (Lipinski definition) is 7. The van der Waals surface area contributed by atoms with Crippen molar-refractivity contribution in [3.8, 4) is 34.4 Å². The topological polar surface area (TPSA) is 79.8 Å². The van der Waals surface area contributed by atoms with Gasteiger partial charge < -0.3 is 18.9 Å².